The van der Waals surface area contributed by atoms with Gasteiger partial charge in [-0.05, 0) is 51.0 Å². The third kappa shape index (κ3) is 5.15. The Kier molecular flexibility index (Phi) is 6.70. The van der Waals surface area contributed by atoms with E-state index in [-0.39, 0.29) is 0 Å². The third-order valence-corrected chi connectivity index (χ3v) is 3.68. The molecule has 0 aliphatic heterocycles. The van der Waals surface area contributed by atoms with Gasteiger partial charge in [-0.1, -0.05) is 0 Å². The highest BCUT2D eigenvalue weighted by molar-refractivity contribution is 7.98. The molecule has 2 N–H and O–H groups in total. The molecule has 1 heterocycles. The van der Waals surface area contributed by atoms with Gasteiger partial charge >= 0.3 is 0 Å². The van der Waals surface area contributed by atoms with Gasteiger partial charge in [0.15, 0.2) is 0 Å². The SMILES string of the molecule is CSCCCC(CN)N(C)Cc1ccc(C)o1. The molecule has 0 spiro atoms. The Hall–Kier alpha value is -0.450. The summed E-state index contributed by atoms with van der Waals surface area (Å²) in [7, 11) is 2.12. The number of nitrogens with two attached hydrogens (primary N) is 1. The average molecular weight is 256 g/mol. The van der Waals surface area contributed by atoms with Crippen LogP contribution in [0.2, 0.25) is 0 Å². The van der Waals surface area contributed by atoms with E-state index < -0.39 is 0 Å². The van der Waals surface area contributed by atoms with E-state index in [0.29, 0.717) is 12.6 Å². The molecule has 0 amide bonds. The van der Waals surface area contributed by atoms with Crippen LogP contribution in [0.3, 0.4) is 0 Å². The quantitative estimate of drug-likeness (QED) is 0.726. The molecule has 1 unspecified atom stereocenters. The molecule has 1 aromatic rings. The van der Waals surface area contributed by atoms with Gasteiger partial charge in [-0.15, -0.1) is 0 Å². The van der Waals surface area contributed by atoms with Crippen LogP contribution in [-0.4, -0.2) is 36.5 Å². The first kappa shape index (κ1) is 14.6. The summed E-state index contributed by atoms with van der Waals surface area (Å²) in [5.74, 6) is 3.21. The second-order valence-corrected chi connectivity index (χ2v) is 5.44. The van der Waals surface area contributed by atoms with Crippen LogP contribution >= 0.6 is 11.8 Å². The highest BCUT2D eigenvalue weighted by Crippen LogP contribution is 2.13. The molecule has 0 saturated carbocycles. The highest BCUT2D eigenvalue weighted by Gasteiger charge is 2.14. The molecule has 1 aromatic heterocycles. The van der Waals surface area contributed by atoms with Crippen LogP contribution in [0.5, 0.6) is 0 Å². The zero-order valence-corrected chi connectivity index (χ0v) is 11.9. The van der Waals surface area contributed by atoms with E-state index >= 15 is 0 Å². The molecular formula is C13H24N2OS. The van der Waals surface area contributed by atoms with E-state index in [9.17, 15) is 0 Å². The second-order valence-electron chi connectivity index (χ2n) is 4.45. The van der Waals surface area contributed by atoms with Crippen LogP contribution in [0, 0.1) is 6.92 Å². The van der Waals surface area contributed by atoms with Crippen molar-refractivity contribution in [2.75, 3.05) is 25.6 Å². The van der Waals surface area contributed by atoms with Crippen molar-refractivity contribution in [1.82, 2.24) is 4.90 Å². The van der Waals surface area contributed by atoms with Gasteiger partial charge in [0.1, 0.15) is 11.5 Å². The molecular weight excluding hydrogens is 232 g/mol. The van der Waals surface area contributed by atoms with Crippen LogP contribution in [-0.2, 0) is 6.54 Å². The topological polar surface area (TPSA) is 42.4 Å². The van der Waals surface area contributed by atoms with Crippen molar-refractivity contribution >= 4 is 11.8 Å². The first-order chi connectivity index (χ1) is 8.17. The van der Waals surface area contributed by atoms with Crippen molar-refractivity contribution in [2.24, 2.45) is 5.73 Å². The molecule has 17 heavy (non-hydrogen) atoms. The summed E-state index contributed by atoms with van der Waals surface area (Å²) in [5.41, 5.74) is 5.84. The molecule has 0 aliphatic rings. The molecule has 4 heteroatoms. The number of aryl methyl sites for hydroxylation is 1. The number of rotatable bonds is 8. The van der Waals surface area contributed by atoms with Gasteiger partial charge in [-0.25, -0.2) is 0 Å². The lowest BCUT2D eigenvalue weighted by molar-refractivity contribution is 0.209. The Bertz CT molecular complexity index is 314. The summed E-state index contributed by atoms with van der Waals surface area (Å²) in [5, 5.41) is 0. The minimum atomic E-state index is 0.451. The van der Waals surface area contributed by atoms with Gasteiger partial charge in [0.2, 0.25) is 0 Å². The van der Waals surface area contributed by atoms with Gasteiger partial charge in [0, 0.05) is 12.6 Å². The molecule has 0 aliphatic carbocycles. The van der Waals surface area contributed by atoms with E-state index in [4.69, 9.17) is 10.2 Å². The minimum Gasteiger partial charge on any atom is -0.465 e. The third-order valence-electron chi connectivity index (χ3n) is 2.98. The van der Waals surface area contributed by atoms with Crippen LogP contribution in [0.4, 0.5) is 0 Å². The van der Waals surface area contributed by atoms with Crippen molar-refractivity contribution in [3.8, 4) is 0 Å². The van der Waals surface area contributed by atoms with Crippen molar-refractivity contribution in [2.45, 2.75) is 32.4 Å². The van der Waals surface area contributed by atoms with E-state index in [2.05, 4.69) is 18.2 Å². The van der Waals surface area contributed by atoms with E-state index in [1.807, 2.05) is 30.8 Å². The van der Waals surface area contributed by atoms with E-state index in [1.165, 1.54) is 12.2 Å². The lowest BCUT2D eigenvalue weighted by atomic mass is 10.1. The van der Waals surface area contributed by atoms with Crippen molar-refractivity contribution < 1.29 is 4.42 Å². The Morgan fingerprint density at radius 1 is 1.47 bits per heavy atom. The molecule has 0 bridgehead atoms. The van der Waals surface area contributed by atoms with Gasteiger partial charge in [0.05, 0.1) is 6.54 Å². The molecule has 0 fully saturated rings. The summed E-state index contributed by atoms with van der Waals surface area (Å²) in [6, 6.07) is 4.50. The fraction of sp³-hybridized carbons (Fsp3) is 0.692. The monoisotopic (exact) mass is 256 g/mol. The number of likely N-dealkylation sites (N-methyl/N-ethyl adjacent to an activating group) is 1. The Labute approximate surface area is 109 Å². The van der Waals surface area contributed by atoms with Crippen molar-refractivity contribution in [3.63, 3.8) is 0 Å². The summed E-state index contributed by atoms with van der Waals surface area (Å²) in [6.07, 6.45) is 4.53. The lowest BCUT2D eigenvalue weighted by Crippen LogP contribution is -2.37. The Morgan fingerprint density at radius 3 is 2.76 bits per heavy atom. The summed E-state index contributed by atoms with van der Waals surface area (Å²) in [4.78, 5) is 2.29. The summed E-state index contributed by atoms with van der Waals surface area (Å²) in [6.45, 7) is 3.53. The summed E-state index contributed by atoms with van der Waals surface area (Å²) >= 11 is 1.90. The first-order valence-electron chi connectivity index (χ1n) is 6.12. The van der Waals surface area contributed by atoms with Gasteiger partial charge in [-0.3, -0.25) is 4.90 Å². The van der Waals surface area contributed by atoms with Gasteiger partial charge in [0.25, 0.3) is 0 Å². The Morgan fingerprint density at radius 2 is 2.24 bits per heavy atom. The first-order valence-corrected chi connectivity index (χ1v) is 7.51. The second kappa shape index (κ2) is 7.80. The molecule has 0 radical (unpaired) electrons. The average Bonchev–Trinajstić information content (AvgIpc) is 2.70. The zero-order valence-electron chi connectivity index (χ0n) is 11.1. The van der Waals surface area contributed by atoms with Crippen LogP contribution < -0.4 is 5.73 Å². The van der Waals surface area contributed by atoms with Crippen LogP contribution in [0.25, 0.3) is 0 Å². The van der Waals surface area contributed by atoms with Crippen LogP contribution in [0.1, 0.15) is 24.4 Å². The molecule has 1 rings (SSSR count). The Balaban J connectivity index is 2.40. The maximum atomic E-state index is 5.84. The van der Waals surface area contributed by atoms with Crippen LogP contribution in [0.15, 0.2) is 16.5 Å². The molecule has 1 atom stereocenters. The normalized spacial score (nSPS) is 13.2. The maximum Gasteiger partial charge on any atom is 0.118 e. The number of thioether (sulfide) groups is 1. The zero-order chi connectivity index (χ0) is 12.7. The van der Waals surface area contributed by atoms with Gasteiger partial charge in [-0.2, -0.15) is 11.8 Å². The molecule has 0 saturated heterocycles. The van der Waals surface area contributed by atoms with E-state index in [0.717, 1.165) is 24.5 Å². The molecule has 98 valence electrons. The number of nitrogens with zero attached hydrogens (tertiary/aromatic N) is 1. The van der Waals surface area contributed by atoms with E-state index in [1.54, 1.807) is 0 Å². The smallest absolute Gasteiger partial charge is 0.118 e. The minimum absolute atomic E-state index is 0.451. The molecule has 3 nitrogen and oxygen atoms in total. The van der Waals surface area contributed by atoms with Gasteiger partial charge < -0.3 is 10.2 Å². The number of hydrogen-bond donors (Lipinski definition) is 1. The molecule has 0 aromatic carbocycles. The number of hydrogen-bond acceptors (Lipinski definition) is 4. The predicted octanol–water partition coefficient (Wildman–Crippen LogP) is 2.49. The predicted molar refractivity (Wildman–Crippen MR) is 75.4 cm³/mol. The van der Waals surface area contributed by atoms with Crippen molar-refractivity contribution in [1.29, 1.82) is 0 Å². The maximum absolute atomic E-state index is 5.84. The summed E-state index contributed by atoms with van der Waals surface area (Å²) < 4.78 is 5.59. The lowest BCUT2D eigenvalue weighted by Gasteiger charge is -2.26. The largest absolute Gasteiger partial charge is 0.465 e. The highest BCUT2D eigenvalue weighted by atomic mass is 32.2. The fourth-order valence-corrected chi connectivity index (χ4v) is 2.38. The van der Waals surface area contributed by atoms with Crippen molar-refractivity contribution in [3.05, 3.63) is 23.7 Å². The number of furan rings is 1. The fourth-order valence-electron chi connectivity index (χ4n) is 1.93. The standard InChI is InChI=1S/C13H24N2OS/c1-11-6-7-13(16-11)10-15(2)12(9-14)5-4-8-17-3/h6-7,12H,4-5,8-10,14H2,1-3H3.